The average Bonchev–Trinajstić information content (AvgIpc) is 2.69. The van der Waals surface area contributed by atoms with Crippen LogP contribution in [0.3, 0.4) is 0 Å². The van der Waals surface area contributed by atoms with Crippen molar-refractivity contribution < 1.29 is 24.3 Å². The summed E-state index contributed by atoms with van der Waals surface area (Å²) in [7, 11) is 0. The van der Waals surface area contributed by atoms with Gasteiger partial charge >= 0.3 is 11.9 Å². The Kier molecular flexibility index (Phi) is 19.8. The summed E-state index contributed by atoms with van der Waals surface area (Å²) in [6.07, 6.45) is 14.0. The summed E-state index contributed by atoms with van der Waals surface area (Å²) in [6.45, 7) is 5.60. The Morgan fingerprint density at radius 1 is 0.643 bits per heavy atom. The van der Waals surface area contributed by atoms with Crippen LogP contribution in [0.25, 0.3) is 0 Å². The second kappa shape index (κ2) is 20.6. The van der Waals surface area contributed by atoms with E-state index in [1.54, 1.807) is 0 Å². The molecule has 0 saturated carbocycles. The summed E-state index contributed by atoms with van der Waals surface area (Å²) >= 11 is 0. The molecule has 0 saturated heterocycles. The van der Waals surface area contributed by atoms with Crippen LogP contribution >= 0.6 is 0 Å². The molecular weight excluding hydrogens is 358 g/mol. The van der Waals surface area contributed by atoms with Gasteiger partial charge in [0.1, 0.15) is 0 Å². The molecule has 0 aliphatic rings. The highest BCUT2D eigenvalue weighted by molar-refractivity contribution is 5.70. The summed E-state index contributed by atoms with van der Waals surface area (Å²) in [4.78, 5) is 23.3. The summed E-state index contributed by atoms with van der Waals surface area (Å²) in [6, 6.07) is 0. The minimum absolute atomic E-state index is 0.124. The van der Waals surface area contributed by atoms with E-state index in [0.29, 0.717) is 13.2 Å². The van der Waals surface area contributed by atoms with Crippen LogP contribution in [0, 0.1) is 0 Å². The lowest BCUT2D eigenvalue weighted by molar-refractivity contribution is -0.152. The Hall–Kier alpha value is -1.14. The third kappa shape index (κ3) is 19.6. The van der Waals surface area contributed by atoms with Crippen molar-refractivity contribution in [3.05, 3.63) is 0 Å². The molecule has 0 unspecified atom stereocenters. The first kappa shape index (κ1) is 26.9. The summed E-state index contributed by atoms with van der Waals surface area (Å²) in [5.74, 6) is -0.614. The average molecular weight is 402 g/mol. The summed E-state index contributed by atoms with van der Waals surface area (Å²) < 4.78 is 10.3. The van der Waals surface area contributed by atoms with Gasteiger partial charge < -0.3 is 14.7 Å². The van der Waals surface area contributed by atoms with Gasteiger partial charge in [0, 0.05) is 13.1 Å². The molecule has 6 nitrogen and oxygen atoms in total. The van der Waals surface area contributed by atoms with Gasteiger partial charge in [0.15, 0.2) is 0 Å². The van der Waals surface area contributed by atoms with Gasteiger partial charge in [-0.05, 0) is 12.8 Å². The van der Waals surface area contributed by atoms with Crippen molar-refractivity contribution in [3.8, 4) is 0 Å². The number of hydrogen-bond acceptors (Lipinski definition) is 6. The van der Waals surface area contributed by atoms with Gasteiger partial charge in [-0.15, -0.1) is 0 Å². The van der Waals surface area contributed by atoms with Crippen molar-refractivity contribution >= 4 is 11.9 Å². The third-order valence-electron chi connectivity index (χ3n) is 4.67. The van der Waals surface area contributed by atoms with Crippen molar-refractivity contribution in [2.45, 2.75) is 104 Å². The Bertz CT molecular complexity index is 342. The molecule has 0 heterocycles. The number of esters is 2. The zero-order chi connectivity index (χ0) is 20.9. The maximum atomic E-state index is 11.6. The molecule has 1 N–H and O–H groups in total. The summed E-state index contributed by atoms with van der Waals surface area (Å²) in [5, 5.41) is 10.7. The van der Waals surface area contributed by atoms with E-state index in [9.17, 15) is 14.8 Å². The van der Waals surface area contributed by atoms with E-state index in [0.717, 1.165) is 30.7 Å². The Labute approximate surface area is 171 Å². The van der Waals surface area contributed by atoms with Crippen LogP contribution in [0.1, 0.15) is 104 Å². The second-order valence-corrected chi connectivity index (χ2v) is 7.43. The highest BCUT2D eigenvalue weighted by Gasteiger charge is 2.10. The maximum Gasteiger partial charge on any atom is 0.307 e. The summed E-state index contributed by atoms with van der Waals surface area (Å²) in [5.41, 5.74) is 0. The second-order valence-electron chi connectivity index (χ2n) is 7.43. The zero-order valence-electron chi connectivity index (χ0n) is 18.3. The molecule has 0 aliphatic heterocycles. The first-order valence-corrected chi connectivity index (χ1v) is 11.3. The van der Waals surface area contributed by atoms with Crippen molar-refractivity contribution in [3.63, 3.8) is 0 Å². The number of unbranched alkanes of at least 4 members (excludes halogenated alkanes) is 10. The van der Waals surface area contributed by atoms with Gasteiger partial charge in [-0.25, -0.2) is 0 Å². The normalized spacial score (nSPS) is 11.0. The number of hydroxylamine groups is 2. The molecule has 0 atom stereocenters. The number of nitrogens with zero attached hydrogens (tertiary/aromatic N) is 1. The molecule has 0 spiro atoms. The highest BCUT2D eigenvalue weighted by atomic mass is 16.5. The number of ether oxygens (including phenoxy) is 2. The standard InChI is InChI=1S/C22H43NO5/c1-3-5-7-9-11-13-19-27-21(24)15-17-23(26)18-16-22(25)28-20-14-12-10-8-6-4-2/h26H,3-20H2,1-2H3. The molecule has 0 radical (unpaired) electrons. The van der Waals surface area contributed by atoms with Gasteiger partial charge in [0.2, 0.25) is 0 Å². The molecule has 0 bridgehead atoms. The zero-order valence-corrected chi connectivity index (χ0v) is 18.3. The molecule has 0 aromatic heterocycles. The van der Waals surface area contributed by atoms with Gasteiger partial charge in [-0.3, -0.25) is 9.59 Å². The first-order valence-electron chi connectivity index (χ1n) is 11.3. The van der Waals surface area contributed by atoms with E-state index in [1.165, 1.54) is 51.4 Å². The van der Waals surface area contributed by atoms with E-state index in [4.69, 9.17) is 9.47 Å². The van der Waals surface area contributed by atoms with Crippen LogP contribution in [0.5, 0.6) is 0 Å². The van der Waals surface area contributed by atoms with Crippen molar-refractivity contribution in [1.29, 1.82) is 0 Å². The monoisotopic (exact) mass is 401 g/mol. The van der Waals surface area contributed by atoms with Crippen molar-refractivity contribution in [2.75, 3.05) is 26.3 Å². The largest absolute Gasteiger partial charge is 0.466 e. The number of carbonyl (C=O) groups is 2. The molecule has 0 amide bonds. The SMILES string of the molecule is CCCCCCCCOC(=O)CCN(O)CCC(=O)OCCCCCCCC. The van der Waals surface area contributed by atoms with Crippen LogP contribution < -0.4 is 0 Å². The fourth-order valence-electron chi connectivity index (χ4n) is 2.83. The van der Waals surface area contributed by atoms with Gasteiger partial charge in [-0.2, -0.15) is 5.06 Å². The fourth-order valence-corrected chi connectivity index (χ4v) is 2.83. The lowest BCUT2D eigenvalue weighted by Crippen LogP contribution is -2.26. The van der Waals surface area contributed by atoms with Crippen LogP contribution in [0.2, 0.25) is 0 Å². The van der Waals surface area contributed by atoms with Crippen LogP contribution in [0.4, 0.5) is 0 Å². The molecule has 0 aliphatic carbocycles. The van der Waals surface area contributed by atoms with Crippen LogP contribution in [0.15, 0.2) is 0 Å². The van der Waals surface area contributed by atoms with Gasteiger partial charge in [0.05, 0.1) is 26.1 Å². The molecule has 6 heteroatoms. The molecule has 0 aromatic rings. The molecule has 0 fully saturated rings. The fraction of sp³-hybridized carbons (Fsp3) is 0.909. The predicted octanol–water partition coefficient (Wildman–Crippen LogP) is 5.27. The Morgan fingerprint density at radius 3 is 1.39 bits per heavy atom. The van der Waals surface area contributed by atoms with Gasteiger partial charge in [0.25, 0.3) is 0 Å². The number of carbonyl (C=O) groups excluding carboxylic acids is 2. The quantitative estimate of drug-likeness (QED) is 0.170. The van der Waals surface area contributed by atoms with E-state index in [-0.39, 0.29) is 37.9 Å². The molecule has 0 rings (SSSR count). The van der Waals surface area contributed by atoms with Crippen LogP contribution in [-0.4, -0.2) is 48.5 Å². The van der Waals surface area contributed by atoms with Crippen LogP contribution in [-0.2, 0) is 19.1 Å². The van der Waals surface area contributed by atoms with E-state index in [1.807, 2.05) is 0 Å². The third-order valence-corrected chi connectivity index (χ3v) is 4.67. The van der Waals surface area contributed by atoms with E-state index in [2.05, 4.69) is 13.8 Å². The highest BCUT2D eigenvalue weighted by Crippen LogP contribution is 2.06. The predicted molar refractivity (Wildman–Crippen MR) is 111 cm³/mol. The Morgan fingerprint density at radius 2 is 1.00 bits per heavy atom. The van der Waals surface area contributed by atoms with Gasteiger partial charge in [-0.1, -0.05) is 78.1 Å². The smallest absolute Gasteiger partial charge is 0.307 e. The minimum Gasteiger partial charge on any atom is -0.466 e. The lowest BCUT2D eigenvalue weighted by Gasteiger charge is -2.14. The van der Waals surface area contributed by atoms with Crippen molar-refractivity contribution in [1.82, 2.24) is 5.06 Å². The number of hydrogen-bond donors (Lipinski definition) is 1. The maximum absolute atomic E-state index is 11.6. The minimum atomic E-state index is -0.307. The van der Waals surface area contributed by atoms with Crippen molar-refractivity contribution in [2.24, 2.45) is 0 Å². The van der Waals surface area contributed by atoms with E-state index < -0.39 is 0 Å². The molecule has 166 valence electrons. The first-order chi connectivity index (χ1) is 13.6. The lowest BCUT2D eigenvalue weighted by atomic mass is 10.1. The Balaban J connectivity index is 3.48. The topological polar surface area (TPSA) is 76.1 Å². The molecular formula is C22H43NO5. The van der Waals surface area contributed by atoms with E-state index >= 15 is 0 Å². The molecule has 0 aromatic carbocycles. The molecule has 28 heavy (non-hydrogen) atoms. The number of rotatable bonds is 20.